The minimum atomic E-state index is -0.588. The Kier molecular flexibility index (Phi) is 5.86. The lowest BCUT2D eigenvalue weighted by molar-refractivity contribution is 0.139. The molecule has 2 aliphatic rings. The van der Waals surface area contributed by atoms with Crippen LogP contribution in [0.2, 0.25) is 0 Å². The number of urea groups is 1. The average Bonchev–Trinajstić information content (AvgIpc) is 3.48. The number of anilines is 1. The molecule has 1 N–H and O–H groups in total. The van der Waals surface area contributed by atoms with Crippen molar-refractivity contribution in [3.63, 3.8) is 0 Å². The van der Waals surface area contributed by atoms with Crippen LogP contribution in [0.1, 0.15) is 18.0 Å². The summed E-state index contributed by atoms with van der Waals surface area (Å²) in [6.07, 6.45) is 3.31. The van der Waals surface area contributed by atoms with Gasteiger partial charge in [0, 0.05) is 38.8 Å². The standard InChI is InChI=1S/C20H18F2IN9O/c21-13-3-1-2-12(10-13)15-4-5-25-32(15)20(33)31-8-6-30(7-9-31)19-24-11-14(22)16(26-19)17-18(23)28-29-27-17/h1-3,5,10-11,15H,4,6-9H2,(H,27,28,29)/t15-/m0/s1. The van der Waals surface area contributed by atoms with Crippen LogP contribution in [0.25, 0.3) is 11.4 Å². The van der Waals surface area contributed by atoms with E-state index in [9.17, 15) is 13.6 Å². The summed E-state index contributed by atoms with van der Waals surface area (Å²) in [7, 11) is 0. The van der Waals surface area contributed by atoms with Crippen LogP contribution in [0.3, 0.4) is 0 Å². The molecule has 13 heteroatoms. The van der Waals surface area contributed by atoms with E-state index in [0.29, 0.717) is 53.5 Å². The largest absolute Gasteiger partial charge is 0.341 e. The molecule has 2 aromatic heterocycles. The van der Waals surface area contributed by atoms with Gasteiger partial charge in [0.05, 0.1) is 12.2 Å². The number of rotatable bonds is 3. The number of H-pyrrole nitrogens is 1. The van der Waals surface area contributed by atoms with Crippen molar-refractivity contribution in [2.75, 3.05) is 31.1 Å². The van der Waals surface area contributed by atoms with Gasteiger partial charge in [-0.05, 0) is 40.3 Å². The second-order valence-corrected chi connectivity index (χ2v) is 8.56. The summed E-state index contributed by atoms with van der Waals surface area (Å²) in [5, 5.41) is 16.0. The zero-order chi connectivity index (χ0) is 22.9. The van der Waals surface area contributed by atoms with Crippen LogP contribution in [0.4, 0.5) is 19.5 Å². The van der Waals surface area contributed by atoms with Crippen LogP contribution in [0.5, 0.6) is 0 Å². The molecule has 0 saturated carbocycles. The van der Waals surface area contributed by atoms with Gasteiger partial charge in [-0.2, -0.15) is 15.4 Å². The number of nitrogens with zero attached hydrogens (tertiary/aromatic N) is 8. The number of hydrogen-bond donors (Lipinski definition) is 1. The molecule has 0 unspecified atom stereocenters. The maximum Gasteiger partial charge on any atom is 0.341 e. The molecule has 33 heavy (non-hydrogen) atoms. The molecule has 0 aliphatic carbocycles. The first kappa shape index (κ1) is 21.6. The number of halogens is 3. The smallest absolute Gasteiger partial charge is 0.337 e. The third-order valence-electron chi connectivity index (χ3n) is 5.55. The van der Waals surface area contributed by atoms with Gasteiger partial charge in [0.15, 0.2) is 9.52 Å². The summed E-state index contributed by atoms with van der Waals surface area (Å²) in [5.41, 5.74) is 1.09. The van der Waals surface area contributed by atoms with Crippen molar-refractivity contribution in [2.24, 2.45) is 5.10 Å². The summed E-state index contributed by atoms with van der Waals surface area (Å²) in [4.78, 5) is 25.2. The van der Waals surface area contributed by atoms with E-state index >= 15 is 0 Å². The summed E-state index contributed by atoms with van der Waals surface area (Å²) >= 11 is 1.95. The SMILES string of the molecule is O=C(N1CCN(c2ncc(F)c(-c3n[nH]nc3I)n2)CC1)N1N=CC[C@H]1c1cccc(F)c1. The van der Waals surface area contributed by atoms with Gasteiger partial charge in [-0.25, -0.2) is 28.6 Å². The molecule has 4 heterocycles. The number of aromatic nitrogens is 5. The minimum absolute atomic E-state index is 0.0704. The Morgan fingerprint density at radius 2 is 1.94 bits per heavy atom. The van der Waals surface area contributed by atoms with Crippen molar-refractivity contribution >= 4 is 40.8 Å². The fourth-order valence-corrected chi connectivity index (χ4v) is 4.36. The van der Waals surface area contributed by atoms with E-state index in [1.165, 1.54) is 17.1 Å². The van der Waals surface area contributed by atoms with E-state index in [0.717, 1.165) is 6.20 Å². The maximum absolute atomic E-state index is 14.3. The lowest BCUT2D eigenvalue weighted by Gasteiger charge is -2.37. The number of nitrogens with one attached hydrogen (secondary N) is 1. The van der Waals surface area contributed by atoms with Gasteiger partial charge in [0.1, 0.15) is 17.2 Å². The molecule has 3 aromatic rings. The number of piperazine rings is 1. The Balaban J connectivity index is 1.27. The lowest BCUT2D eigenvalue weighted by Crippen LogP contribution is -2.52. The van der Waals surface area contributed by atoms with E-state index in [1.807, 2.05) is 27.5 Å². The Hall–Kier alpha value is -3.23. The second kappa shape index (κ2) is 8.96. The number of carbonyl (C=O) groups is 1. The molecule has 1 saturated heterocycles. The first-order valence-corrected chi connectivity index (χ1v) is 11.3. The number of carbonyl (C=O) groups excluding carboxylic acids is 1. The third kappa shape index (κ3) is 4.24. The number of aromatic amines is 1. The third-order valence-corrected chi connectivity index (χ3v) is 6.31. The number of benzene rings is 1. The highest BCUT2D eigenvalue weighted by molar-refractivity contribution is 14.1. The molecule has 170 valence electrons. The monoisotopic (exact) mass is 565 g/mol. The first-order chi connectivity index (χ1) is 16.0. The molecule has 10 nitrogen and oxygen atoms in total. The highest BCUT2D eigenvalue weighted by Crippen LogP contribution is 2.30. The molecule has 1 atom stereocenters. The zero-order valence-electron chi connectivity index (χ0n) is 17.2. The molecule has 0 spiro atoms. The van der Waals surface area contributed by atoms with Crippen molar-refractivity contribution in [3.8, 4) is 11.4 Å². The molecule has 0 radical (unpaired) electrons. The predicted molar refractivity (Wildman–Crippen MR) is 123 cm³/mol. The van der Waals surface area contributed by atoms with Crippen LogP contribution in [0.15, 0.2) is 35.6 Å². The number of hydrogen-bond acceptors (Lipinski definition) is 7. The van der Waals surface area contributed by atoms with E-state index < -0.39 is 5.82 Å². The van der Waals surface area contributed by atoms with Crippen LogP contribution < -0.4 is 4.90 Å². The molecular weight excluding hydrogens is 547 g/mol. The van der Waals surface area contributed by atoms with Crippen molar-refractivity contribution in [3.05, 3.63) is 51.4 Å². The minimum Gasteiger partial charge on any atom is -0.337 e. The Labute approximate surface area is 200 Å². The Morgan fingerprint density at radius 1 is 1.12 bits per heavy atom. The highest BCUT2D eigenvalue weighted by atomic mass is 127. The highest BCUT2D eigenvalue weighted by Gasteiger charge is 2.33. The Morgan fingerprint density at radius 3 is 2.67 bits per heavy atom. The predicted octanol–water partition coefficient (Wildman–Crippen LogP) is 2.82. The molecule has 2 aliphatic heterocycles. The van der Waals surface area contributed by atoms with Crippen LogP contribution in [0, 0.1) is 15.3 Å². The first-order valence-electron chi connectivity index (χ1n) is 10.2. The Bertz CT molecular complexity index is 1210. The molecule has 1 aromatic carbocycles. The number of hydrazone groups is 1. The van der Waals surface area contributed by atoms with Crippen molar-refractivity contribution in [1.82, 2.24) is 35.3 Å². The molecular formula is C20H18F2IN9O. The van der Waals surface area contributed by atoms with Gasteiger partial charge >= 0.3 is 6.03 Å². The van der Waals surface area contributed by atoms with Gasteiger partial charge in [0.2, 0.25) is 5.95 Å². The van der Waals surface area contributed by atoms with Crippen molar-refractivity contribution in [1.29, 1.82) is 0 Å². The van der Waals surface area contributed by atoms with Gasteiger partial charge in [0.25, 0.3) is 0 Å². The fraction of sp³-hybridized carbons (Fsp3) is 0.300. The van der Waals surface area contributed by atoms with E-state index in [4.69, 9.17) is 0 Å². The normalized spacial score (nSPS) is 18.3. The van der Waals surface area contributed by atoms with Gasteiger partial charge in [-0.3, -0.25) is 0 Å². The topological polar surface area (TPSA) is 106 Å². The van der Waals surface area contributed by atoms with Crippen LogP contribution in [-0.2, 0) is 0 Å². The summed E-state index contributed by atoms with van der Waals surface area (Å²) in [6.45, 7) is 1.76. The fourth-order valence-electron chi connectivity index (χ4n) is 3.88. The second-order valence-electron chi connectivity index (χ2n) is 7.54. The van der Waals surface area contributed by atoms with Crippen LogP contribution >= 0.6 is 22.6 Å². The molecule has 5 rings (SSSR count). The zero-order valence-corrected chi connectivity index (χ0v) is 19.4. The van der Waals surface area contributed by atoms with Gasteiger partial charge < -0.3 is 9.80 Å². The lowest BCUT2D eigenvalue weighted by atomic mass is 10.0. The molecule has 2 amide bonds. The van der Waals surface area contributed by atoms with Crippen molar-refractivity contribution in [2.45, 2.75) is 12.5 Å². The van der Waals surface area contributed by atoms with E-state index in [1.54, 1.807) is 23.2 Å². The van der Waals surface area contributed by atoms with Crippen LogP contribution in [-0.4, -0.2) is 73.7 Å². The summed E-state index contributed by atoms with van der Waals surface area (Å²) in [6, 6.07) is 5.64. The van der Waals surface area contributed by atoms with E-state index in [2.05, 4.69) is 30.5 Å². The molecule has 0 bridgehead atoms. The number of amides is 2. The maximum atomic E-state index is 14.3. The van der Waals surface area contributed by atoms with E-state index in [-0.39, 0.29) is 23.6 Å². The summed E-state index contributed by atoms with van der Waals surface area (Å²) in [5.74, 6) is -0.580. The van der Waals surface area contributed by atoms with Crippen molar-refractivity contribution < 1.29 is 13.6 Å². The van der Waals surface area contributed by atoms with Gasteiger partial charge in [-0.1, -0.05) is 12.1 Å². The van der Waals surface area contributed by atoms with Gasteiger partial charge in [-0.15, -0.1) is 5.10 Å². The molecule has 1 fully saturated rings. The summed E-state index contributed by atoms with van der Waals surface area (Å²) < 4.78 is 28.5. The average molecular weight is 565 g/mol. The quantitative estimate of drug-likeness (QED) is 0.490.